The molecule has 2 amide bonds. The van der Waals surface area contributed by atoms with Crippen molar-refractivity contribution in [1.29, 1.82) is 0 Å². The Bertz CT molecular complexity index is 1090. The summed E-state index contributed by atoms with van der Waals surface area (Å²) in [4.78, 5) is 28.5. The standard InChI is InChI=1S/C22H16BrNO3S/c1-27-16-8-6-14(7-9-16)12-24-21(25)19-5-3-2-4-18(19)20(22(24)26)11-17-10-15(23)13-28-17/h2-11,13H,12H2,1H3/b20-11-. The van der Waals surface area contributed by atoms with Crippen LogP contribution in [-0.4, -0.2) is 23.8 Å². The molecular formula is C22H16BrNO3S. The maximum Gasteiger partial charge on any atom is 0.261 e. The van der Waals surface area contributed by atoms with Crippen LogP contribution in [0.5, 0.6) is 5.75 Å². The van der Waals surface area contributed by atoms with Gasteiger partial charge in [-0.15, -0.1) is 11.3 Å². The number of ether oxygens (including phenoxy) is 1. The van der Waals surface area contributed by atoms with E-state index in [9.17, 15) is 9.59 Å². The molecule has 140 valence electrons. The number of thiophene rings is 1. The molecule has 1 aliphatic rings. The van der Waals surface area contributed by atoms with E-state index in [1.807, 2.05) is 60.0 Å². The first-order valence-electron chi connectivity index (χ1n) is 8.61. The highest BCUT2D eigenvalue weighted by molar-refractivity contribution is 9.10. The van der Waals surface area contributed by atoms with Crippen molar-refractivity contribution in [3.8, 4) is 5.75 Å². The molecule has 0 N–H and O–H groups in total. The van der Waals surface area contributed by atoms with Crippen LogP contribution in [-0.2, 0) is 11.3 Å². The molecule has 0 unspecified atom stereocenters. The molecule has 1 aliphatic heterocycles. The Balaban J connectivity index is 1.75. The third-order valence-electron chi connectivity index (χ3n) is 4.54. The zero-order valence-corrected chi connectivity index (χ0v) is 17.4. The molecule has 2 aromatic carbocycles. The summed E-state index contributed by atoms with van der Waals surface area (Å²) >= 11 is 4.98. The summed E-state index contributed by atoms with van der Waals surface area (Å²) in [7, 11) is 1.60. The van der Waals surface area contributed by atoms with Crippen LogP contribution in [0, 0.1) is 0 Å². The summed E-state index contributed by atoms with van der Waals surface area (Å²) in [6.07, 6.45) is 1.85. The number of hydrogen-bond donors (Lipinski definition) is 0. The van der Waals surface area contributed by atoms with Gasteiger partial charge in [-0.2, -0.15) is 0 Å². The van der Waals surface area contributed by atoms with E-state index < -0.39 is 0 Å². The van der Waals surface area contributed by atoms with Crippen LogP contribution in [0.25, 0.3) is 11.6 Å². The monoisotopic (exact) mass is 453 g/mol. The van der Waals surface area contributed by atoms with Crippen molar-refractivity contribution in [2.24, 2.45) is 0 Å². The smallest absolute Gasteiger partial charge is 0.261 e. The normalized spacial score (nSPS) is 15.1. The van der Waals surface area contributed by atoms with Crippen molar-refractivity contribution in [2.45, 2.75) is 6.54 Å². The largest absolute Gasteiger partial charge is 0.497 e. The van der Waals surface area contributed by atoms with Crippen LogP contribution in [0.4, 0.5) is 0 Å². The van der Waals surface area contributed by atoms with Crippen LogP contribution in [0.1, 0.15) is 26.4 Å². The third-order valence-corrected chi connectivity index (χ3v) is 6.18. The van der Waals surface area contributed by atoms with Gasteiger partial charge in [-0.1, -0.05) is 30.3 Å². The van der Waals surface area contributed by atoms with Crippen LogP contribution in [0.15, 0.2) is 64.5 Å². The van der Waals surface area contributed by atoms with Crippen LogP contribution < -0.4 is 4.74 Å². The van der Waals surface area contributed by atoms with Gasteiger partial charge in [-0.05, 0) is 57.4 Å². The first-order valence-corrected chi connectivity index (χ1v) is 10.3. The predicted molar refractivity (Wildman–Crippen MR) is 114 cm³/mol. The van der Waals surface area contributed by atoms with E-state index in [1.54, 1.807) is 13.2 Å². The second-order valence-corrected chi connectivity index (χ2v) is 8.17. The highest BCUT2D eigenvalue weighted by Gasteiger charge is 2.34. The van der Waals surface area contributed by atoms with Crippen LogP contribution >= 0.6 is 27.3 Å². The lowest BCUT2D eigenvalue weighted by Gasteiger charge is -2.28. The Hall–Kier alpha value is -2.70. The molecule has 0 radical (unpaired) electrons. The van der Waals surface area contributed by atoms with Gasteiger partial charge < -0.3 is 4.74 Å². The van der Waals surface area contributed by atoms with E-state index in [0.29, 0.717) is 16.7 Å². The number of nitrogens with zero attached hydrogens (tertiary/aromatic N) is 1. The molecule has 2 heterocycles. The van der Waals surface area contributed by atoms with Gasteiger partial charge in [0.15, 0.2) is 0 Å². The number of halogens is 1. The van der Waals surface area contributed by atoms with Gasteiger partial charge in [-0.25, -0.2) is 0 Å². The van der Waals surface area contributed by atoms with E-state index in [4.69, 9.17) is 4.74 Å². The Morgan fingerprint density at radius 1 is 1.04 bits per heavy atom. The molecule has 0 atom stereocenters. The van der Waals surface area contributed by atoms with E-state index in [1.165, 1.54) is 16.2 Å². The number of benzene rings is 2. The Morgan fingerprint density at radius 3 is 2.39 bits per heavy atom. The second-order valence-electron chi connectivity index (χ2n) is 6.32. The number of carbonyl (C=O) groups excluding carboxylic acids is 2. The van der Waals surface area contributed by atoms with Crippen molar-refractivity contribution >= 4 is 50.7 Å². The molecule has 1 aromatic heterocycles. The third kappa shape index (κ3) is 3.53. The number of hydrogen-bond acceptors (Lipinski definition) is 4. The number of amides is 2. The molecule has 4 nitrogen and oxygen atoms in total. The van der Waals surface area contributed by atoms with Crippen LogP contribution in [0.3, 0.4) is 0 Å². The first-order chi connectivity index (χ1) is 13.6. The lowest BCUT2D eigenvalue weighted by Crippen LogP contribution is -2.41. The maximum atomic E-state index is 13.2. The minimum Gasteiger partial charge on any atom is -0.497 e. The Morgan fingerprint density at radius 2 is 1.75 bits per heavy atom. The fourth-order valence-electron chi connectivity index (χ4n) is 3.15. The molecule has 6 heteroatoms. The fraction of sp³-hybridized carbons (Fsp3) is 0.0909. The number of imide groups is 1. The molecule has 0 saturated heterocycles. The van der Waals surface area contributed by atoms with Gasteiger partial charge in [-0.3, -0.25) is 14.5 Å². The van der Waals surface area contributed by atoms with Crippen molar-refractivity contribution in [3.63, 3.8) is 0 Å². The van der Waals surface area contributed by atoms with Gasteiger partial charge in [0.25, 0.3) is 11.8 Å². The summed E-state index contributed by atoms with van der Waals surface area (Å²) < 4.78 is 6.14. The van der Waals surface area contributed by atoms with Gasteiger partial charge in [0, 0.05) is 25.9 Å². The minimum absolute atomic E-state index is 0.210. The molecule has 0 spiro atoms. The highest BCUT2D eigenvalue weighted by atomic mass is 79.9. The average molecular weight is 454 g/mol. The number of methoxy groups -OCH3 is 1. The summed E-state index contributed by atoms with van der Waals surface area (Å²) in [5.74, 6) is 0.166. The van der Waals surface area contributed by atoms with Crippen molar-refractivity contribution in [1.82, 2.24) is 4.90 Å². The first kappa shape index (κ1) is 18.7. The Labute approximate surface area is 175 Å². The minimum atomic E-state index is -0.288. The lowest BCUT2D eigenvalue weighted by atomic mass is 9.92. The van der Waals surface area contributed by atoms with Gasteiger partial charge in [0.2, 0.25) is 0 Å². The molecule has 0 saturated carbocycles. The number of rotatable bonds is 4. The van der Waals surface area contributed by atoms with Crippen molar-refractivity contribution in [2.75, 3.05) is 7.11 Å². The predicted octanol–water partition coefficient (Wildman–Crippen LogP) is 5.24. The van der Waals surface area contributed by atoms with E-state index in [-0.39, 0.29) is 18.4 Å². The topological polar surface area (TPSA) is 46.6 Å². The summed E-state index contributed by atoms with van der Waals surface area (Å²) in [6, 6.07) is 16.6. The molecule has 0 fully saturated rings. The van der Waals surface area contributed by atoms with Crippen molar-refractivity contribution in [3.05, 3.63) is 86.0 Å². The molecule has 0 aliphatic carbocycles. The van der Waals surface area contributed by atoms with E-state index >= 15 is 0 Å². The average Bonchev–Trinajstić information content (AvgIpc) is 3.14. The summed E-state index contributed by atoms with van der Waals surface area (Å²) in [5.41, 5.74) is 2.60. The van der Waals surface area contributed by atoms with E-state index in [2.05, 4.69) is 15.9 Å². The van der Waals surface area contributed by atoms with E-state index in [0.717, 1.165) is 20.7 Å². The molecule has 3 aromatic rings. The molecule has 4 rings (SSSR count). The summed E-state index contributed by atoms with van der Waals surface area (Å²) in [6.45, 7) is 0.210. The zero-order valence-electron chi connectivity index (χ0n) is 15.0. The second kappa shape index (κ2) is 7.73. The number of fused-ring (bicyclic) bond motifs is 1. The zero-order chi connectivity index (χ0) is 19.7. The van der Waals surface area contributed by atoms with Crippen molar-refractivity contribution < 1.29 is 14.3 Å². The quantitative estimate of drug-likeness (QED) is 0.400. The van der Waals surface area contributed by atoms with Gasteiger partial charge in [0.1, 0.15) is 5.75 Å². The maximum absolute atomic E-state index is 13.2. The summed E-state index contributed by atoms with van der Waals surface area (Å²) in [5, 5.41) is 1.96. The lowest BCUT2D eigenvalue weighted by molar-refractivity contribution is -0.123. The highest BCUT2D eigenvalue weighted by Crippen LogP contribution is 2.33. The Kier molecular flexibility index (Phi) is 5.15. The molecule has 0 bridgehead atoms. The fourth-order valence-corrected chi connectivity index (χ4v) is 4.52. The molecular weight excluding hydrogens is 438 g/mol. The van der Waals surface area contributed by atoms with Gasteiger partial charge in [0.05, 0.1) is 13.7 Å². The van der Waals surface area contributed by atoms with Gasteiger partial charge >= 0.3 is 0 Å². The SMILES string of the molecule is COc1ccc(CN2C(=O)/C(=C\c3cc(Br)cs3)c3ccccc3C2=O)cc1. The number of carbonyl (C=O) groups is 2. The molecule has 28 heavy (non-hydrogen) atoms. The van der Waals surface area contributed by atoms with Crippen LogP contribution in [0.2, 0.25) is 0 Å².